The molecule has 0 fully saturated rings. The number of carbonyl (C=O) groups excluding carboxylic acids is 3. The summed E-state index contributed by atoms with van der Waals surface area (Å²) in [5, 5.41) is 2.05. The third-order valence-electron chi connectivity index (χ3n) is 4.57. The van der Waals surface area contributed by atoms with Crippen LogP contribution in [0.25, 0.3) is 22.0 Å². The summed E-state index contributed by atoms with van der Waals surface area (Å²) in [5.41, 5.74) is 0.830. The zero-order valence-electron chi connectivity index (χ0n) is 17.9. The Bertz CT molecular complexity index is 1140. The molecule has 0 N–H and O–H groups in total. The second kappa shape index (κ2) is 9.01. The molecule has 3 aromatic rings. The van der Waals surface area contributed by atoms with E-state index in [2.05, 4.69) is 4.74 Å². The van der Waals surface area contributed by atoms with E-state index in [4.69, 9.17) is 4.74 Å². The second-order valence-electron chi connectivity index (χ2n) is 8.08. The number of ether oxygens (including phenoxy) is 2. The third-order valence-corrected chi connectivity index (χ3v) is 5.54. The van der Waals surface area contributed by atoms with Gasteiger partial charge in [0.25, 0.3) is 0 Å². The first-order chi connectivity index (χ1) is 14.6. The molecule has 0 aliphatic heterocycles. The van der Waals surface area contributed by atoms with Gasteiger partial charge in [0.1, 0.15) is 11.4 Å². The minimum atomic E-state index is -0.701. The number of Topliss-reactive ketones (excluding diaryl/α,β-unsaturated/α-hetero) is 1. The number of rotatable bonds is 6. The van der Waals surface area contributed by atoms with E-state index in [-0.39, 0.29) is 30.0 Å². The smallest absolute Gasteiger partial charge is 0.419 e. The van der Waals surface area contributed by atoms with E-state index in [9.17, 15) is 18.8 Å². The predicted octanol–water partition coefficient (Wildman–Crippen LogP) is 5.82. The number of nitrogens with zero attached hydrogens (tertiary/aromatic N) is 1. The molecule has 0 radical (unpaired) electrons. The Morgan fingerprint density at radius 3 is 2.58 bits per heavy atom. The van der Waals surface area contributed by atoms with Gasteiger partial charge in [-0.3, -0.25) is 14.2 Å². The van der Waals surface area contributed by atoms with Crippen LogP contribution in [0.5, 0.6) is 0 Å². The Hall–Kier alpha value is -3.00. The number of benzene rings is 1. The highest BCUT2D eigenvalue weighted by Crippen LogP contribution is 2.35. The zero-order chi connectivity index (χ0) is 22.8. The fourth-order valence-electron chi connectivity index (χ4n) is 3.17. The summed E-state index contributed by atoms with van der Waals surface area (Å²) in [6.45, 7) is 5.28. The van der Waals surface area contributed by atoms with Crippen LogP contribution in [0.1, 0.15) is 49.7 Å². The lowest BCUT2D eigenvalue weighted by atomic mass is 10.1. The molecule has 0 amide bonds. The van der Waals surface area contributed by atoms with Gasteiger partial charge in [-0.2, -0.15) is 0 Å². The first-order valence-electron chi connectivity index (χ1n) is 9.82. The minimum Gasteiger partial charge on any atom is -0.469 e. The largest absolute Gasteiger partial charge is 0.469 e. The van der Waals surface area contributed by atoms with Crippen molar-refractivity contribution in [3.8, 4) is 11.1 Å². The van der Waals surface area contributed by atoms with Gasteiger partial charge in [0.05, 0.1) is 17.5 Å². The normalized spacial score (nSPS) is 11.5. The van der Waals surface area contributed by atoms with Crippen molar-refractivity contribution in [1.82, 2.24) is 4.57 Å². The molecular formula is C23H24FNO5S. The molecule has 8 heteroatoms. The van der Waals surface area contributed by atoms with Crippen molar-refractivity contribution in [2.75, 3.05) is 7.11 Å². The number of esters is 1. The molecule has 2 aromatic heterocycles. The summed E-state index contributed by atoms with van der Waals surface area (Å²) in [6, 6.07) is 6.20. The summed E-state index contributed by atoms with van der Waals surface area (Å²) in [7, 11) is 1.31. The summed E-state index contributed by atoms with van der Waals surface area (Å²) < 4.78 is 26.0. The van der Waals surface area contributed by atoms with E-state index >= 15 is 0 Å². The maximum atomic E-state index is 14.7. The van der Waals surface area contributed by atoms with Crippen LogP contribution in [-0.2, 0) is 14.3 Å². The molecule has 0 saturated carbocycles. The second-order valence-corrected chi connectivity index (χ2v) is 8.99. The number of methoxy groups -OCH3 is 1. The molecule has 1 aromatic carbocycles. The van der Waals surface area contributed by atoms with Crippen molar-refractivity contribution in [3.63, 3.8) is 0 Å². The van der Waals surface area contributed by atoms with Gasteiger partial charge in [0.15, 0.2) is 5.78 Å². The first kappa shape index (κ1) is 22.7. The number of halogens is 1. The zero-order valence-corrected chi connectivity index (χ0v) is 18.7. The highest BCUT2D eigenvalue weighted by molar-refractivity contribution is 7.12. The molecule has 0 spiro atoms. The van der Waals surface area contributed by atoms with E-state index in [1.165, 1.54) is 41.3 Å². The highest BCUT2D eigenvalue weighted by Gasteiger charge is 2.23. The Labute approximate surface area is 183 Å². The van der Waals surface area contributed by atoms with Gasteiger partial charge >= 0.3 is 12.1 Å². The van der Waals surface area contributed by atoms with Crippen molar-refractivity contribution >= 4 is 40.1 Å². The number of hydrogen-bond acceptors (Lipinski definition) is 6. The standard InChI is InChI=1S/C23H24FNO5S/c1-23(2,3)30-22(28)25-12-15(21-16(24)7-5-8-17(21)25)14-11-19(31-13-14)18(26)9-6-10-20(27)29-4/h5,7-8,11-13H,6,9-10H2,1-4H3. The van der Waals surface area contributed by atoms with E-state index in [1.54, 1.807) is 38.3 Å². The Balaban J connectivity index is 1.92. The number of aromatic nitrogens is 1. The number of fused-ring (bicyclic) bond motifs is 1. The monoisotopic (exact) mass is 445 g/mol. The van der Waals surface area contributed by atoms with Crippen LogP contribution >= 0.6 is 11.3 Å². The molecule has 0 aliphatic rings. The lowest BCUT2D eigenvalue weighted by molar-refractivity contribution is -0.140. The van der Waals surface area contributed by atoms with Crippen LogP contribution in [0.3, 0.4) is 0 Å². The summed E-state index contributed by atoms with van der Waals surface area (Å²) in [6.07, 6.45) is 1.71. The van der Waals surface area contributed by atoms with Crippen molar-refractivity contribution in [1.29, 1.82) is 0 Å². The fraction of sp³-hybridized carbons (Fsp3) is 0.348. The van der Waals surface area contributed by atoms with E-state index < -0.39 is 17.5 Å². The summed E-state index contributed by atoms with van der Waals surface area (Å²) in [4.78, 5) is 36.9. The van der Waals surface area contributed by atoms with Crippen molar-refractivity contribution in [3.05, 3.63) is 46.5 Å². The number of ketones is 1. The molecule has 0 bridgehead atoms. The third kappa shape index (κ3) is 5.19. The predicted molar refractivity (Wildman–Crippen MR) is 117 cm³/mol. The van der Waals surface area contributed by atoms with Gasteiger partial charge in [-0.25, -0.2) is 9.18 Å². The first-order valence-corrected chi connectivity index (χ1v) is 10.7. The van der Waals surface area contributed by atoms with E-state index in [0.29, 0.717) is 27.9 Å². The quantitative estimate of drug-likeness (QED) is 0.353. The average Bonchev–Trinajstić information content (AvgIpc) is 3.32. The molecule has 31 heavy (non-hydrogen) atoms. The van der Waals surface area contributed by atoms with Crippen LogP contribution in [-0.4, -0.2) is 35.1 Å². The Morgan fingerprint density at radius 1 is 1.16 bits per heavy atom. The van der Waals surface area contributed by atoms with Crippen molar-refractivity contribution in [2.45, 2.75) is 45.6 Å². The Kier molecular flexibility index (Phi) is 6.59. The van der Waals surface area contributed by atoms with Crippen molar-refractivity contribution in [2.24, 2.45) is 0 Å². The lowest BCUT2D eigenvalue weighted by Crippen LogP contribution is -2.26. The van der Waals surface area contributed by atoms with Crippen LogP contribution < -0.4 is 0 Å². The molecule has 6 nitrogen and oxygen atoms in total. The topological polar surface area (TPSA) is 74.6 Å². The summed E-state index contributed by atoms with van der Waals surface area (Å²) in [5.74, 6) is -0.923. The number of carbonyl (C=O) groups is 3. The molecule has 0 atom stereocenters. The molecule has 0 saturated heterocycles. The van der Waals surface area contributed by atoms with Gasteiger partial charge in [-0.15, -0.1) is 11.3 Å². The average molecular weight is 446 g/mol. The van der Waals surface area contributed by atoms with Crippen LogP contribution in [0.15, 0.2) is 35.8 Å². The SMILES string of the molecule is COC(=O)CCCC(=O)c1cc(-c2cn(C(=O)OC(C)(C)C)c3cccc(F)c23)cs1. The maximum absolute atomic E-state index is 14.7. The molecule has 0 aliphatic carbocycles. The van der Waals surface area contributed by atoms with Crippen molar-refractivity contribution < 1.29 is 28.2 Å². The van der Waals surface area contributed by atoms with Crippen LogP contribution in [0.2, 0.25) is 0 Å². The van der Waals surface area contributed by atoms with Crippen LogP contribution in [0, 0.1) is 5.82 Å². The van der Waals surface area contributed by atoms with Crippen LogP contribution in [0.4, 0.5) is 9.18 Å². The molecule has 2 heterocycles. The van der Waals surface area contributed by atoms with E-state index in [1.807, 2.05) is 0 Å². The molecule has 3 rings (SSSR count). The van der Waals surface area contributed by atoms with Gasteiger partial charge in [-0.1, -0.05) is 6.07 Å². The van der Waals surface area contributed by atoms with Gasteiger partial charge in [0, 0.05) is 30.0 Å². The molecular weight excluding hydrogens is 421 g/mol. The highest BCUT2D eigenvalue weighted by atomic mass is 32.1. The summed E-state index contributed by atoms with van der Waals surface area (Å²) >= 11 is 1.25. The number of thiophene rings is 1. The number of hydrogen-bond donors (Lipinski definition) is 0. The van der Waals surface area contributed by atoms with E-state index in [0.717, 1.165) is 0 Å². The van der Waals surface area contributed by atoms with Gasteiger partial charge in [0.2, 0.25) is 0 Å². The fourth-order valence-corrected chi connectivity index (χ4v) is 4.04. The maximum Gasteiger partial charge on any atom is 0.419 e. The molecule has 0 unspecified atom stereocenters. The molecule has 164 valence electrons. The Morgan fingerprint density at radius 2 is 1.90 bits per heavy atom. The van der Waals surface area contributed by atoms with Gasteiger partial charge in [-0.05, 0) is 56.3 Å². The minimum absolute atomic E-state index is 0.100. The lowest BCUT2D eigenvalue weighted by Gasteiger charge is -2.19. The van der Waals surface area contributed by atoms with Gasteiger partial charge < -0.3 is 9.47 Å².